The van der Waals surface area contributed by atoms with Gasteiger partial charge in [-0.3, -0.25) is 9.59 Å². The normalized spacial score (nSPS) is 16.6. The van der Waals surface area contributed by atoms with Crippen LogP contribution in [0, 0.1) is 0 Å². The average molecular weight is 229 g/mol. The van der Waals surface area contributed by atoms with Gasteiger partial charge in [0.2, 0.25) is 11.8 Å². The zero-order valence-electron chi connectivity index (χ0n) is 8.58. The molecule has 1 atom stereocenters. The molecule has 1 rings (SSSR count). The zero-order chi connectivity index (χ0) is 11.4. The second kappa shape index (κ2) is 5.06. The van der Waals surface area contributed by atoms with E-state index in [0.717, 1.165) is 12.8 Å². The molecule has 0 aromatic heterocycles. The molecule has 0 aromatic carbocycles. The fraction of sp³-hybridized carbons (Fsp3) is 0.667. The molecule has 1 aliphatic carbocycles. The van der Waals surface area contributed by atoms with Crippen LogP contribution in [-0.4, -0.2) is 28.9 Å². The van der Waals surface area contributed by atoms with Crippen LogP contribution in [0.2, 0.25) is 0 Å². The highest BCUT2D eigenvalue weighted by atomic mass is 32.1. The minimum Gasteiger partial charge on any atom is -0.393 e. The summed E-state index contributed by atoms with van der Waals surface area (Å²) < 4.78 is 0. The maximum absolute atomic E-state index is 11.4. The fourth-order valence-electron chi connectivity index (χ4n) is 1.07. The Hall–Kier alpha value is -1.17. The number of rotatable bonds is 5. The standard InChI is InChI=1S/C9H15N3O2S/c1-5(9(14)12-6-2-3-6)11-8(13)4-7(10)15/h5-6H,2-4H2,1H3,(H2,10,15)(H,11,13)(H,12,14). The molecule has 0 aromatic rings. The van der Waals surface area contributed by atoms with Crippen molar-refractivity contribution < 1.29 is 9.59 Å². The molecule has 5 nitrogen and oxygen atoms in total. The predicted octanol–water partition coefficient (Wildman–Crippen LogP) is -0.554. The van der Waals surface area contributed by atoms with Crippen LogP contribution in [-0.2, 0) is 9.59 Å². The largest absolute Gasteiger partial charge is 0.393 e. The van der Waals surface area contributed by atoms with E-state index in [4.69, 9.17) is 5.73 Å². The predicted molar refractivity (Wildman–Crippen MR) is 60.2 cm³/mol. The molecule has 1 aliphatic rings. The van der Waals surface area contributed by atoms with Gasteiger partial charge < -0.3 is 16.4 Å². The van der Waals surface area contributed by atoms with Gasteiger partial charge in [-0.25, -0.2) is 0 Å². The molecule has 0 heterocycles. The summed E-state index contributed by atoms with van der Waals surface area (Å²) in [5.41, 5.74) is 5.21. The molecule has 0 bridgehead atoms. The van der Waals surface area contributed by atoms with E-state index in [1.165, 1.54) is 0 Å². The van der Waals surface area contributed by atoms with Crippen LogP contribution in [0.3, 0.4) is 0 Å². The molecule has 1 unspecified atom stereocenters. The first-order chi connectivity index (χ1) is 6.99. The van der Waals surface area contributed by atoms with Crippen molar-refractivity contribution in [3.05, 3.63) is 0 Å². The van der Waals surface area contributed by atoms with E-state index in [1.54, 1.807) is 6.92 Å². The SMILES string of the molecule is CC(NC(=O)CC(N)=S)C(=O)NC1CC1. The van der Waals surface area contributed by atoms with Crippen LogP contribution in [0.15, 0.2) is 0 Å². The maximum Gasteiger partial charge on any atom is 0.242 e. The first kappa shape index (κ1) is 11.9. The van der Waals surface area contributed by atoms with Gasteiger partial charge in [-0.15, -0.1) is 0 Å². The van der Waals surface area contributed by atoms with Gasteiger partial charge in [-0.1, -0.05) is 12.2 Å². The Morgan fingerprint density at radius 1 is 1.53 bits per heavy atom. The first-order valence-corrected chi connectivity index (χ1v) is 5.28. The molecular weight excluding hydrogens is 214 g/mol. The van der Waals surface area contributed by atoms with Gasteiger partial charge in [0, 0.05) is 6.04 Å². The maximum atomic E-state index is 11.4. The summed E-state index contributed by atoms with van der Waals surface area (Å²) in [6.07, 6.45) is 2.04. The molecule has 15 heavy (non-hydrogen) atoms. The van der Waals surface area contributed by atoms with E-state index in [-0.39, 0.29) is 23.2 Å². The van der Waals surface area contributed by atoms with E-state index in [9.17, 15) is 9.59 Å². The Balaban J connectivity index is 2.26. The number of hydrogen-bond donors (Lipinski definition) is 3. The van der Waals surface area contributed by atoms with Crippen molar-refractivity contribution in [2.24, 2.45) is 5.73 Å². The monoisotopic (exact) mass is 229 g/mol. The van der Waals surface area contributed by atoms with E-state index < -0.39 is 6.04 Å². The van der Waals surface area contributed by atoms with Crippen molar-refractivity contribution in [2.45, 2.75) is 38.3 Å². The molecule has 0 aliphatic heterocycles. The highest BCUT2D eigenvalue weighted by molar-refractivity contribution is 7.80. The van der Waals surface area contributed by atoms with Crippen molar-refractivity contribution in [2.75, 3.05) is 0 Å². The lowest BCUT2D eigenvalue weighted by atomic mass is 10.3. The van der Waals surface area contributed by atoms with E-state index in [0.29, 0.717) is 6.04 Å². The first-order valence-electron chi connectivity index (χ1n) is 4.87. The molecule has 84 valence electrons. The van der Waals surface area contributed by atoms with Crippen molar-refractivity contribution in [1.82, 2.24) is 10.6 Å². The molecule has 4 N–H and O–H groups in total. The van der Waals surface area contributed by atoms with Gasteiger partial charge in [0.15, 0.2) is 0 Å². The van der Waals surface area contributed by atoms with Crippen LogP contribution in [0.4, 0.5) is 0 Å². The van der Waals surface area contributed by atoms with Crippen LogP contribution in [0.1, 0.15) is 26.2 Å². The third-order valence-corrected chi connectivity index (χ3v) is 2.17. The van der Waals surface area contributed by atoms with Gasteiger partial charge in [-0.2, -0.15) is 0 Å². The molecule has 0 saturated heterocycles. The van der Waals surface area contributed by atoms with Crippen molar-refractivity contribution in [3.63, 3.8) is 0 Å². The number of carbonyl (C=O) groups excluding carboxylic acids is 2. The second-order valence-electron chi connectivity index (χ2n) is 3.72. The zero-order valence-corrected chi connectivity index (χ0v) is 9.39. The van der Waals surface area contributed by atoms with E-state index in [2.05, 4.69) is 22.9 Å². The Kier molecular flexibility index (Phi) is 4.02. The number of amides is 2. The minimum absolute atomic E-state index is 0.0175. The molecule has 0 radical (unpaired) electrons. The summed E-state index contributed by atoms with van der Waals surface area (Å²) in [6, 6.07) is -0.236. The number of hydrogen-bond acceptors (Lipinski definition) is 3. The van der Waals surface area contributed by atoms with Gasteiger partial charge in [0.25, 0.3) is 0 Å². The third-order valence-electron chi connectivity index (χ3n) is 2.03. The number of carbonyl (C=O) groups is 2. The molecule has 1 fully saturated rings. The van der Waals surface area contributed by atoms with Crippen LogP contribution < -0.4 is 16.4 Å². The number of nitrogens with two attached hydrogens (primary N) is 1. The molecule has 0 spiro atoms. The Morgan fingerprint density at radius 3 is 2.60 bits per heavy atom. The van der Waals surface area contributed by atoms with Gasteiger partial charge in [0.1, 0.15) is 6.04 Å². The second-order valence-corrected chi connectivity index (χ2v) is 4.24. The smallest absolute Gasteiger partial charge is 0.242 e. The highest BCUT2D eigenvalue weighted by Gasteiger charge is 2.26. The summed E-state index contributed by atoms with van der Waals surface area (Å²) in [6.45, 7) is 1.63. The molecular formula is C9H15N3O2S. The number of thiocarbonyl (C=S) groups is 1. The third kappa shape index (κ3) is 4.73. The quantitative estimate of drug-likeness (QED) is 0.552. The van der Waals surface area contributed by atoms with Gasteiger partial charge in [-0.05, 0) is 19.8 Å². The lowest BCUT2D eigenvalue weighted by Gasteiger charge is -2.13. The minimum atomic E-state index is -0.535. The summed E-state index contributed by atoms with van der Waals surface area (Å²) in [4.78, 5) is 22.8. The van der Waals surface area contributed by atoms with Crippen molar-refractivity contribution >= 4 is 29.0 Å². The lowest BCUT2D eigenvalue weighted by molar-refractivity contribution is -0.128. The topological polar surface area (TPSA) is 84.2 Å². The summed E-state index contributed by atoms with van der Waals surface area (Å²) in [5, 5.41) is 5.32. The van der Waals surface area contributed by atoms with Crippen LogP contribution in [0.25, 0.3) is 0 Å². The summed E-state index contributed by atoms with van der Waals surface area (Å²) >= 11 is 4.59. The highest BCUT2D eigenvalue weighted by Crippen LogP contribution is 2.18. The fourth-order valence-corrected chi connectivity index (χ4v) is 1.20. The van der Waals surface area contributed by atoms with Gasteiger partial charge >= 0.3 is 0 Å². The van der Waals surface area contributed by atoms with Crippen LogP contribution >= 0.6 is 12.2 Å². The average Bonchev–Trinajstić information content (AvgIpc) is 2.86. The van der Waals surface area contributed by atoms with Crippen LogP contribution in [0.5, 0.6) is 0 Å². The van der Waals surface area contributed by atoms with E-state index >= 15 is 0 Å². The lowest BCUT2D eigenvalue weighted by Crippen LogP contribution is -2.46. The Morgan fingerprint density at radius 2 is 2.13 bits per heavy atom. The molecule has 6 heteroatoms. The number of nitrogens with one attached hydrogen (secondary N) is 2. The summed E-state index contributed by atoms with van der Waals surface area (Å²) in [7, 11) is 0. The summed E-state index contributed by atoms with van der Waals surface area (Å²) in [5.74, 6) is -0.477. The van der Waals surface area contributed by atoms with E-state index in [1.807, 2.05) is 0 Å². The van der Waals surface area contributed by atoms with Crippen molar-refractivity contribution in [1.29, 1.82) is 0 Å². The van der Waals surface area contributed by atoms with Gasteiger partial charge in [0.05, 0.1) is 11.4 Å². The molecule has 1 saturated carbocycles. The Labute approximate surface area is 93.8 Å². The Bertz CT molecular complexity index is 289. The van der Waals surface area contributed by atoms with Crippen molar-refractivity contribution in [3.8, 4) is 0 Å². The molecule has 2 amide bonds.